The molecule has 0 aliphatic heterocycles. The van der Waals surface area contributed by atoms with Gasteiger partial charge < -0.3 is 16.4 Å². The maximum atomic E-state index is 7.18. The number of hydrogen-bond acceptors (Lipinski definition) is 2. The monoisotopic (exact) mass is 253 g/mol. The van der Waals surface area contributed by atoms with Crippen LogP contribution in [-0.4, -0.2) is 65.3 Å². The van der Waals surface area contributed by atoms with Crippen molar-refractivity contribution >= 4 is 61.5 Å². The summed E-state index contributed by atoms with van der Waals surface area (Å²) < 4.78 is 0. The molecule has 0 fully saturated rings. The van der Waals surface area contributed by atoms with Gasteiger partial charge in [0.05, 0.1) is 0 Å². The van der Waals surface area contributed by atoms with Gasteiger partial charge in [-0.05, 0) is 0 Å². The van der Waals surface area contributed by atoms with E-state index in [2.05, 4.69) is 12.6 Å². The first kappa shape index (κ1) is 40.7. The molecule has 0 rings (SSSR count). The molecule has 0 spiro atoms. The van der Waals surface area contributed by atoms with E-state index in [1.165, 1.54) is 5.40 Å². The number of thiocyanates is 1. The van der Waals surface area contributed by atoms with Gasteiger partial charge >= 0.3 is 48.9 Å². The Balaban J connectivity index is -0.00000000333. The number of hydrogen-bond donors (Lipinski definition) is 1. The van der Waals surface area contributed by atoms with Crippen LogP contribution in [0.15, 0.2) is 0 Å². The van der Waals surface area contributed by atoms with Crippen molar-refractivity contribution in [3.8, 4) is 5.40 Å². The Morgan fingerprint density at radius 2 is 1.14 bits per heavy atom. The minimum atomic E-state index is 0. The Morgan fingerprint density at radius 1 is 1.14 bits per heavy atom. The van der Waals surface area contributed by atoms with Crippen LogP contribution in [0.3, 0.4) is 0 Å². The SMILES string of the molecule is N#CS.O.O.O.[BaH2]. The van der Waals surface area contributed by atoms with E-state index in [4.69, 9.17) is 5.26 Å². The second-order valence-electron chi connectivity index (χ2n) is 0.100. The van der Waals surface area contributed by atoms with Gasteiger partial charge in [0.1, 0.15) is 5.40 Å². The molecule has 0 radical (unpaired) electrons. The van der Waals surface area contributed by atoms with Gasteiger partial charge in [-0.15, -0.1) is 0 Å². The van der Waals surface area contributed by atoms with Gasteiger partial charge in [0.15, 0.2) is 0 Å². The zero-order chi connectivity index (χ0) is 2.71. The molecule has 4 nitrogen and oxygen atoms in total. The molecule has 0 amide bonds. The molecule has 0 aliphatic carbocycles. The van der Waals surface area contributed by atoms with Gasteiger partial charge in [0, 0.05) is 0 Å². The molecular weight excluding hydrogens is 243 g/mol. The number of nitriles is 1. The molecule has 0 aromatic rings. The molecule has 0 aliphatic rings. The third kappa shape index (κ3) is 122. The van der Waals surface area contributed by atoms with Crippen LogP contribution in [-0.2, 0) is 0 Å². The van der Waals surface area contributed by atoms with Gasteiger partial charge in [-0.2, -0.15) is 5.26 Å². The summed E-state index contributed by atoms with van der Waals surface area (Å²) in [6, 6.07) is 0. The van der Waals surface area contributed by atoms with Crippen molar-refractivity contribution in [1.29, 1.82) is 5.26 Å². The van der Waals surface area contributed by atoms with Crippen molar-refractivity contribution in [3.63, 3.8) is 0 Å². The summed E-state index contributed by atoms with van der Waals surface area (Å²) >= 11 is 3.09. The van der Waals surface area contributed by atoms with Gasteiger partial charge in [-0.25, -0.2) is 0 Å². The summed E-state index contributed by atoms with van der Waals surface area (Å²) in [6.45, 7) is 0. The quantitative estimate of drug-likeness (QED) is 0.276. The molecule has 0 aromatic heterocycles. The molecule has 0 heterocycles. The molecule has 0 saturated heterocycles. The minimum absolute atomic E-state index is 0. The fraction of sp³-hybridized carbons (Fsp3) is 0. The van der Waals surface area contributed by atoms with Crippen LogP contribution in [0.4, 0.5) is 0 Å². The predicted molar refractivity (Wildman–Crippen MR) is 34.0 cm³/mol. The van der Waals surface area contributed by atoms with Crippen LogP contribution in [0.1, 0.15) is 0 Å². The Bertz CT molecular complexity index is 36.4. The van der Waals surface area contributed by atoms with E-state index in [1.807, 2.05) is 0 Å². The standard InChI is InChI=1S/CHNS.Ba.3H2O.2H/c2-1-3;;;;;;/h3H;;3*1H2;;. The van der Waals surface area contributed by atoms with Gasteiger partial charge in [-0.1, -0.05) is 12.6 Å². The van der Waals surface area contributed by atoms with Crippen molar-refractivity contribution in [2.45, 2.75) is 0 Å². The molecule has 44 valence electrons. The average Bonchev–Trinajstić information content (AvgIpc) is 0.918. The van der Waals surface area contributed by atoms with E-state index in [-0.39, 0.29) is 65.3 Å². The summed E-state index contributed by atoms with van der Waals surface area (Å²) in [5.41, 5.74) is 0. The number of nitrogens with zero attached hydrogens (tertiary/aromatic N) is 1. The molecule has 0 bridgehead atoms. The van der Waals surface area contributed by atoms with E-state index >= 15 is 0 Å². The summed E-state index contributed by atoms with van der Waals surface area (Å²) in [4.78, 5) is 0. The van der Waals surface area contributed by atoms with Gasteiger partial charge in [0.2, 0.25) is 0 Å². The zero-order valence-electron chi connectivity index (χ0n) is 2.89. The molecule has 0 unspecified atom stereocenters. The predicted octanol–water partition coefficient (Wildman–Crippen LogP) is -2.99. The summed E-state index contributed by atoms with van der Waals surface area (Å²) in [6.07, 6.45) is 0. The first-order valence-electron chi connectivity index (χ1n) is 0.447. The van der Waals surface area contributed by atoms with E-state index < -0.39 is 0 Å². The molecule has 6 heteroatoms. The number of rotatable bonds is 0. The van der Waals surface area contributed by atoms with Crippen LogP contribution in [0.5, 0.6) is 0 Å². The third-order valence-electron chi connectivity index (χ3n) is 0. The van der Waals surface area contributed by atoms with Crippen LogP contribution in [0, 0.1) is 10.7 Å². The van der Waals surface area contributed by atoms with Crippen LogP contribution in [0.25, 0.3) is 0 Å². The Morgan fingerprint density at radius 3 is 1.14 bits per heavy atom. The molecular formula is CH9BaNO3S. The first-order chi connectivity index (χ1) is 1.41. The van der Waals surface area contributed by atoms with E-state index in [0.717, 1.165) is 0 Å². The molecule has 0 saturated carbocycles. The molecule has 6 N–H and O–H groups in total. The van der Waals surface area contributed by atoms with Crippen LogP contribution in [0.2, 0.25) is 0 Å². The second kappa shape index (κ2) is 55.0. The van der Waals surface area contributed by atoms with Crippen molar-refractivity contribution in [1.82, 2.24) is 0 Å². The van der Waals surface area contributed by atoms with Gasteiger partial charge in [-0.3, -0.25) is 0 Å². The van der Waals surface area contributed by atoms with Crippen molar-refractivity contribution < 1.29 is 16.4 Å². The summed E-state index contributed by atoms with van der Waals surface area (Å²) in [5.74, 6) is 0. The van der Waals surface area contributed by atoms with Crippen molar-refractivity contribution in [3.05, 3.63) is 0 Å². The molecule has 0 aromatic carbocycles. The van der Waals surface area contributed by atoms with Crippen molar-refractivity contribution in [2.24, 2.45) is 0 Å². The van der Waals surface area contributed by atoms with E-state index in [1.54, 1.807) is 0 Å². The Hall–Kier alpha value is 1.29. The summed E-state index contributed by atoms with van der Waals surface area (Å²) in [7, 11) is 0. The zero-order valence-corrected chi connectivity index (χ0v) is 3.79. The van der Waals surface area contributed by atoms with E-state index in [9.17, 15) is 0 Å². The van der Waals surface area contributed by atoms with Gasteiger partial charge in [0.25, 0.3) is 0 Å². The van der Waals surface area contributed by atoms with Crippen LogP contribution >= 0.6 is 12.6 Å². The number of thiol groups is 1. The second-order valence-corrected chi connectivity index (χ2v) is 0.300. The van der Waals surface area contributed by atoms with Crippen LogP contribution < -0.4 is 0 Å². The third-order valence-corrected chi connectivity index (χ3v) is 0. The topological polar surface area (TPSA) is 118 Å². The fourth-order valence-electron chi connectivity index (χ4n) is 0. The normalized spacial score (nSPS) is 1.14. The van der Waals surface area contributed by atoms with Crippen molar-refractivity contribution in [2.75, 3.05) is 0 Å². The fourth-order valence-corrected chi connectivity index (χ4v) is 0. The molecule has 7 heavy (non-hydrogen) atoms. The molecule has 0 atom stereocenters. The Kier molecular flexibility index (Phi) is 320. The maximum absolute atomic E-state index is 7.18. The van der Waals surface area contributed by atoms with E-state index in [0.29, 0.717) is 0 Å². The first-order valence-corrected chi connectivity index (χ1v) is 0.894. The Labute approximate surface area is 87.3 Å². The average molecular weight is 252 g/mol. The summed E-state index contributed by atoms with van der Waals surface area (Å²) in [5, 5.41) is 8.63.